The summed E-state index contributed by atoms with van der Waals surface area (Å²) >= 11 is 0. The molecule has 0 unspecified atom stereocenters. The number of carbonyl (C=O) groups is 2. The van der Waals surface area contributed by atoms with Gasteiger partial charge in [0.1, 0.15) is 5.76 Å². The van der Waals surface area contributed by atoms with Crippen LogP contribution in [0.25, 0.3) is 0 Å². The Balaban J connectivity index is 2.20. The Morgan fingerprint density at radius 2 is 1.86 bits per heavy atom. The molecule has 1 aromatic carbocycles. The van der Waals surface area contributed by atoms with Crippen LogP contribution in [0.4, 0.5) is 5.69 Å². The Labute approximate surface area is 129 Å². The second-order valence-electron chi connectivity index (χ2n) is 5.17. The van der Waals surface area contributed by atoms with E-state index in [1.807, 2.05) is 13.8 Å². The molecule has 1 aromatic heterocycles. The standard InChI is InChI=1S/C17H20N2O3/c1-4-11(2)18-17(21)14-7-5-6-8-15(14)19-16(20)13-9-10-22-12(13)3/h5-11H,4H2,1-3H3,(H,18,21)(H,19,20)/t11-/m0/s1. The van der Waals surface area contributed by atoms with Crippen LogP contribution in [0.2, 0.25) is 0 Å². The molecule has 0 aliphatic rings. The molecule has 0 spiro atoms. The molecule has 2 rings (SSSR count). The molecular formula is C17H20N2O3. The first-order valence-electron chi connectivity index (χ1n) is 7.28. The van der Waals surface area contributed by atoms with Gasteiger partial charge in [-0.3, -0.25) is 9.59 Å². The van der Waals surface area contributed by atoms with Gasteiger partial charge in [-0.15, -0.1) is 0 Å². The van der Waals surface area contributed by atoms with Gasteiger partial charge in [-0.25, -0.2) is 0 Å². The van der Waals surface area contributed by atoms with E-state index in [2.05, 4.69) is 10.6 Å². The van der Waals surface area contributed by atoms with Gasteiger partial charge in [0.05, 0.1) is 23.1 Å². The number of anilines is 1. The Bertz CT molecular complexity index is 676. The minimum Gasteiger partial charge on any atom is -0.469 e. The molecule has 2 aromatic rings. The summed E-state index contributed by atoms with van der Waals surface area (Å²) in [5.41, 5.74) is 1.38. The van der Waals surface area contributed by atoms with Crippen LogP contribution in [0.5, 0.6) is 0 Å². The molecule has 116 valence electrons. The molecule has 2 amide bonds. The van der Waals surface area contributed by atoms with E-state index in [-0.39, 0.29) is 17.9 Å². The normalized spacial score (nSPS) is 11.8. The lowest BCUT2D eigenvalue weighted by Gasteiger charge is -2.14. The monoisotopic (exact) mass is 300 g/mol. The Morgan fingerprint density at radius 1 is 1.14 bits per heavy atom. The fraction of sp³-hybridized carbons (Fsp3) is 0.294. The summed E-state index contributed by atoms with van der Waals surface area (Å²) in [4.78, 5) is 24.5. The third-order valence-electron chi connectivity index (χ3n) is 3.51. The number of carbonyl (C=O) groups excluding carboxylic acids is 2. The molecule has 0 radical (unpaired) electrons. The Hall–Kier alpha value is -2.56. The molecule has 2 N–H and O–H groups in total. The molecule has 0 bridgehead atoms. The highest BCUT2D eigenvalue weighted by molar-refractivity contribution is 6.09. The lowest BCUT2D eigenvalue weighted by Crippen LogP contribution is -2.32. The van der Waals surface area contributed by atoms with Crippen LogP contribution in [0.15, 0.2) is 41.0 Å². The number of benzene rings is 1. The minimum absolute atomic E-state index is 0.0763. The number of furan rings is 1. The van der Waals surface area contributed by atoms with Gasteiger partial charge in [-0.1, -0.05) is 19.1 Å². The SMILES string of the molecule is CC[C@H](C)NC(=O)c1ccccc1NC(=O)c1ccoc1C. The molecule has 0 aliphatic carbocycles. The summed E-state index contributed by atoms with van der Waals surface area (Å²) in [6, 6.07) is 8.62. The number of para-hydroxylation sites is 1. The summed E-state index contributed by atoms with van der Waals surface area (Å²) in [7, 11) is 0. The summed E-state index contributed by atoms with van der Waals surface area (Å²) in [6.07, 6.45) is 2.31. The van der Waals surface area contributed by atoms with Gasteiger partial charge < -0.3 is 15.1 Å². The van der Waals surface area contributed by atoms with Crippen LogP contribution >= 0.6 is 0 Å². The van der Waals surface area contributed by atoms with Crippen molar-refractivity contribution in [3.05, 3.63) is 53.5 Å². The predicted molar refractivity (Wildman–Crippen MR) is 85.1 cm³/mol. The van der Waals surface area contributed by atoms with Gasteiger partial charge in [-0.2, -0.15) is 0 Å². The molecule has 0 saturated carbocycles. The maximum Gasteiger partial charge on any atom is 0.259 e. The molecule has 1 atom stereocenters. The first-order chi connectivity index (χ1) is 10.5. The predicted octanol–water partition coefficient (Wildman–Crippen LogP) is 3.37. The first-order valence-corrected chi connectivity index (χ1v) is 7.28. The Morgan fingerprint density at radius 3 is 2.50 bits per heavy atom. The largest absolute Gasteiger partial charge is 0.469 e. The van der Waals surface area contributed by atoms with E-state index in [9.17, 15) is 9.59 Å². The third kappa shape index (κ3) is 3.55. The van der Waals surface area contributed by atoms with E-state index < -0.39 is 0 Å². The summed E-state index contributed by atoms with van der Waals surface area (Å²) < 4.78 is 5.13. The third-order valence-corrected chi connectivity index (χ3v) is 3.51. The average Bonchev–Trinajstić information content (AvgIpc) is 2.93. The number of aryl methyl sites for hydroxylation is 1. The highest BCUT2D eigenvalue weighted by atomic mass is 16.3. The van der Waals surface area contributed by atoms with E-state index in [0.717, 1.165) is 6.42 Å². The van der Waals surface area contributed by atoms with Crippen molar-refractivity contribution in [3.8, 4) is 0 Å². The lowest BCUT2D eigenvalue weighted by atomic mass is 10.1. The summed E-state index contributed by atoms with van der Waals surface area (Å²) in [5, 5.41) is 5.66. The van der Waals surface area contributed by atoms with Crippen LogP contribution in [-0.2, 0) is 0 Å². The van der Waals surface area contributed by atoms with Crippen LogP contribution < -0.4 is 10.6 Å². The van der Waals surface area contributed by atoms with E-state index in [1.54, 1.807) is 37.3 Å². The summed E-state index contributed by atoms with van der Waals surface area (Å²) in [5.74, 6) is 0.0447. The van der Waals surface area contributed by atoms with E-state index in [1.165, 1.54) is 6.26 Å². The Kier molecular flexibility index (Phi) is 4.99. The van der Waals surface area contributed by atoms with Gasteiger partial charge in [0.2, 0.25) is 0 Å². The number of rotatable bonds is 5. The van der Waals surface area contributed by atoms with Gasteiger partial charge >= 0.3 is 0 Å². The molecule has 1 heterocycles. The summed E-state index contributed by atoms with van der Waals surface area (Å²) in [6.45, 7) is 5.66. The van der Waals surface area contributed by atoms with Gasteiger partial charge in [0.15, 0.2) is 0 Å². The number of amides is 2. The number of nitrogens with one attached hydrogen (secondary N) is 2. The molecule has 0 fully saturated rings. The smallest absolute Gasteiger partial charge is 0.259 e. The fourth-order valence-electron chi connectivity index (χ4n) is 2.00. The van der Waals surface area contributed by atoms with E-state index in [4.69, 9.17) is 4.42 Å². The molecule has 0 saturated heterocycles. The van der Waals surface area contributed by atoms with Crippen molar-refractivity contribution in [2.75, 3.05) is 5.32 Å². The average molecular weight is 300 g/mol. The van der Waals surface area contributed by atoms with Crippen molar-refractivity contribution in [3.63, 3.8) is 0 Å². The van der Waals surface area contributed by atoms with Crippen molar-refractivity contribution in [2.45, 2.75) is 33.2 Å². The molecular weight excluding hydrogens is 280 g/mol. The van der Waals surface area contributed by atoms with Crippen LogP contribution in [0.1, 0.15) is 46.7 Å². The number of hydrogen-bond acceptors (Lipinski definition) is 3. The minimum atomic E-state index is -0.296. The molecule has 22 heavy (non-hydrogen) atoms. The highest BCUT2D eigenvalue weighted by Crippen LogP contribution is 2.18. The number of hydrogen-bond donors (Lipinski definition) is 2. The van der Waals surface area contributed by atoms with Crippen molar-refractivity contribution in [1.82, 2.24) is 5.32 Å². The highest BCUT2D eigenvalue weighted by Gasteiger charge is 2.17. The molecule has 0 aliphatic heterocycles. The van der Waals surface area contributed by atoms with Gasteiger partial charge in [0, 0.05) is 6.04 Å². The van der Waals surface area contributed by atoms with E-state index >= 15 is 0 Å². The quantitative estimate of drug-likeness (QED) is 0.889. The van der Waals surface area contributed by atoms with Crippen molar-refractivity contribution < 1.29 is 14.0 Å². The molecule has 5 heteroatoms. The van der Waals surface area contributed by atoms with Crippen molar-refractivity contribution in [2.24, 2.45) is 0 Å². The zero-order valence-corrected chi connectivity index (χ0v) is 13.0. The van der Waals surface area contributed by atoms with E-state index in [0.29, 0.717) is 22.6 Å². The fourth-order valence-corrected chi connectivity index (χ4v) is 2.00. The van der Waals surface area contributed by atoms with Crippen molar-refractivity contribution >= 4 is 17.5 Å². The molecule has 5 nitrogen and oxygen atoms in total. The second kappa shape index (κ2) is 6.93. The zero-order valence-electron chi connectivity index (χ0n) is 13.0. The van der Waals surface area contributed by atoms with Crippen LogP contribution in [0, 0.1) is 6.92 Å². The second-order valence-corrected chi connectivity index (χ2v) is 5.17. The topological polar surface area (TPSA) is 71.3 Å². The first kappa shape index (κ1) is 15.8. The maximum absolute atomic E-state index is 12.3. The van der Waals surface area contributed by atoms with Gasteiger partial charge in [0.25, 0.3) is 11.8 Å². The van der Waals surface area contributed by atoms with Crippen LogP contribution in [-0.4, -0.2) is 17.9 Å². The van der Waals surface area contributed by atoms with Gasteiger partial charge in [-0.05, 0) is 38.5 Å². The maximum atomic E-state index is 12.3. The zero-order chi connectivity index (χ0) is 16.1. The van der Waals surface area contributed by atoms with Crippen molar-refractivity contribution in [1.29, 1.82) is 0 Å². The van der Waals surface area contributed by atoms with Crippen LogP contribution in [0.3, 0.4) is 0 Å². The lowest BCUT2D eigenvalue weighted by molar-refractivity contribution is 0.0940.